The van der Waals surface area contributed by atoms with Gasteiger partial charge >= 0.3 is 0 Å². The largest absolute Gasteiger partial charge is 0.322 e. The number of carbonyl (C=O) groups excluding carboxylic acids is 1. The van der Waals surface area contributed by atoms with Crippen LogP contribution in [0.5, 0.6) is 0 Å². The van der Waals surface area contributed by atoms with E-state index in [-0.39, 0.29) is 16.6 Å². The fourth-order valence-corrected chi connectivity index (χ4v) is 2.70. The Hall–Kier alpha value is -2.80. The highest BCUT2D eigenvalue weighted by atomic mass is 35.5. The molecule has 1 N–H and O–H groups in total. The summed E-state index contributed by atoms with van der Waals surface area (Å²) < 4.78 is 14.1. The summed E-state index contributed by atoms with van der Waals surface area (Å²) in [5, 5.41) is 14.8. The van der Waals surface area contributed by atoms with Crippen LogP contribution in [0.2, 0.25) is 5.02 Å². The van der Waals surface area contributed by atoms with Crippen molar-refractivity contribution in [1.82, 2.24) is 20.2 Å². The minimum absolute atomic E-state index is 0.0107. The third-order valence-corrected chi connectivity index (χ3v) is 4.11. The first kappa shape index (κ1) is 18.0. The van der Waals surface area contributed by atoms with Crippen molar-refractivity contribution in [2.45, 2.75) is 19.9 Å². The van der Waals surface area contributed by atoms with Gasteiger partial charge in [-0.2, -0.15) is 4.80 Å². The summed E-state index contributed by atoms with van der Waals surface area (Å²) in [7, 11) is 0. The Balaban J connectivity index is 1.86. The molecule has 0 saturated carbocycles. The lowest BCUT2D eigenvalue weighted by atomic mass is 10.0. The Morgan fingerprint density at radius 2 is 1.88 bits per heavy atom. The van der Waals surface area contributed by atoms with Crippen LogP contribution in [0, 0.1) is 11.7 Å². The number of anilines is 1. The summed E-state index contributed by atoms with van der Waals surface area (Å²) >= 11 is 5.76. The molecule has 1 aromatic heterocycles. The highest BCUT2D eigenvalue weighted by Gasteiger charge is 2.28. The molecule has 3 rings (SSSR count). The number of carbonyl (C=O) groups is 1. The van der Waals surface area contributed by atoms with Crippen LogP contribution in [0.15, 0.2) is 48.5 Å². The Morgan fingerprint density at radius 3 is 2.58 bits per heavy atom. The van der Waals surface area contributed by atoms with Crippen LogP contribution < -0.4 is 5.32 Å². The van der Waals surface area contributed by atoms with Crippen molar-refractivity contribution < 1.29 is 9.18 Å². The molecule has 0 aliphatic rings. The van der Waals surface area contributed by atoms with Crippen molar-refractivity contribution in [2.24, 2.45) is 5.92 Å². The van der Waals surface area contributed by atoms with Crippen molar-refractivity contribution in [3.63, 3.8) is 0 Å². The number of hydrogen-bond acceptors (Lipinski definition) is 4. The number of halogens is 2. The molecule has 6 nitrogen and oxygen atoms in total. The van der Waals surface area contributed by atoms with E-state index in [9.17, 15) is 9.18 Å². The van der Waals surface area contributed by atoms with Gasteiger partial charge in [-0.15, -0.1) is 10.2 Å². The Kier molecular flexibility index (Phi) is 5.27. The summed E-state index contributed by atoms with van der Waals surface area (Å²) in [6, 6.07) is 13.0. The minimum Gasteiger partial charge on any atom is -0.322 e. The van der Waals surface area contributed by atoms with Crippen LogP contribution in [0.25, 0.3) is 11.4 Å². The number of aromatic nitrogens is 4. The minimum atomic E-state index is -0.752. The first-order valence-corrected chi connectivity index (χ1v) is 8.45. The van der Waals surface area contributed by atoms with E-state index in [1.807, 2.05) is 44.2 Å². The summed E-state index contributed by atoms with van der Waals surface area (Å²) in [5.41, 5.74) is 0.805. The summed E-state index contributed by atoms with van der Waals surface area (Å²) in [6.07, 6.45) is 0. The average molecular weight is 374 g/mol. The van der Waals surface area contributed by atoms with E-state index in [1.54, 1.807) is 6.07 Å². The maximum atomic E-state index is 14.1. The lowest BCUT2D eigenvalue weighted by molar-refractivity contribution is -0.121. The molecular weight excluding hydrogens is 357 g/mol. The molecular formula is C18H17ClFN5O. The maximum Gasteiger partial charge on any atom is 0.251 e. The summed E-state index contributed by atoms with van der Waals surface area (Å²) in [5.74, 6) is -0.854. The van der Waals surface area contributed by atoms with E-state index in [1.165, 1.54) is 16.9 Å². The van der Waals surface area contributed by atoms with Gasteiger partial charge in [0.05, 0.1) is 10.7 Å². The van der Waals surface area contributed by atoms with E-state index >= 15 is 0 Å². The molecule has 0 bridgehead atoms. The molecule has 0 aliphatic carbocycles. The molecule has 134 valence electrons. The van der Waals surface area contributed by atoms with Crippen molar-refractivity contribution in [3.8, 4) is 11.4 Å². The van der Waals surface area contributed by atoms with Gasteiger partial charge in [0.25, 0.3) is 5.91 Å². The fraction of sp³-hybridized carbons (Fsp3) is 0.222. The van der Waals surface area contributed by atoms with E-state index in [0.29, 0.717) is 5.82 Å². The molecule has 1 unspecified atom stereocenters. The smallest absolute Gasteiger partial charge is 0.251 e. The monoisotopic (exact) mass is 373 g/mol. The molecule has 26 heavy (non-hydrogen) atoms. The molecule has 0 radical (unpaired) electrons. The Labute approximate surface area is 155 Å². The first-order valence-electron chi connectivity index (χ1n) is 8.07. The second-order valence-electron chi connectivity index (χ2n) is 6.08. The van der Waals surface area contributed by atoms with Crippen LogP contribution in [0.4, 0.5) is 10.1 Å². The van der Waals surface area contributed by atoms with Gasteiger partial charge in [0.15, 0.2) is 11.9 Å². The number of amides is 1. The van der Waals surface area contributed by atoms with Crippen LogP contribution >= 0.6 is 11.6 Å². The zero-order chi connectivity index (χ0) is 18.7. The molecule has 0 aliphatic heterocycles. The van der Waals surface area contributed by atoms with Crippen LogP contribution in [0.3, 0.4) is 0 Å². The molecule has 1 heterocycles. The van der Waals surface area contributed by atoms with Crippen molar-refractivity contribution in [1.29, 1.82) is 0 Å². The topological polar surface area (TPSA) is 72.7 Å². The van der Waals surface area contributed by atoms with Gasteiger partial charge < -0.3 is 5.32 Å². The quantitative estimate of drug-likeness (QED) is 0.734. The van der Waals surface area contributed by atoms with Crippen LogP contribution in [-0.2, 0) is 4.79 Å². The molecule has 0 fully saturated rings. The molecule has 1 amide bonds. The highest BCUT2D eigenvalue weighted by molar-refractivity contribution is 6.31. The van der Waals surface area contributed by atoms with Gasteiger partial charge in [-0.25, -0.2) is 4.39 Å². The molecule has 0 saturated heterocycles. The van der Waals surface area contributed by atoms with E-state index in [4.69, 9.17) is 11.6 Å². The molecule has 1 atom stereocenters. The van der Waals surface area contributed by atoms with Gasteiger partial charge in [0.1, 0.15) is 0 Å². The number of tetrazole rings is 1. The predicted octanol–water partition coefficient (Wildman–Crippen LogP) is 3.97. The fourth-order valence-electron chi connectivity index (χ4n) is 2.53. The number of hydrogen-bond donors (Lipinski definition) is 1. The summed E-state index contributed by atoms with van der Waals surface area (Å²) in [4.78, 5) is 14.0. The predicted molar refractivity (Wildman–Crippen MR) is 97.2 cm³/mol. The number of nitrogens with one attached hydrogen (secondary N) is 1. The van der Waals surface area contributed by atoms with Crippen molar-refractivity contribution >= 4 is 23.2 Å². The lowest BCUT2D eigenvalue weighted by Crippen LogP contribution is -2.31. The lowest BCUT2D eigenvalue weighted by Gasteiger charge is -2.19. The van der Waals surface area contributed by atoms with Crippen molar-refractivity contribution in [2.75, 3.05) is 5.32 Å². The van der Waals surface area contributed by atoms with Gasteiger partial charge in [-0.1, -0.05) is 61.8 Å². The highest BCUT2D eigenvalue weighted by Crippen LogP contribution is 2.25. The second-order valence-corrected chi connectivity index (χ2v) is 6.49. The summed E-state index contributed by atoms with van der Waals surface area (Å²) in [6.45, 7) is 3.70. The zero-order valence-corrected chi connectivity index (χ0v) is 15.0. The third-order valence-electron chi connectivity index (χ3n) is 3.82. The maximum absolute atomic E-state index is 14.1. The van der Waals surface area contributed by atoms with E-state index in [2.05, 4.69) is 20.7 Å². The van der Waals surface area contributed by atoms with E-state index < -0.39 is 17.8 Å². The zero-order valence-electron chi connectivity index (χ0n) is 14.2. The second kappa shape index (κ2) is 7.61. The third kappa shape index (κ3) is 3.72. The van der Waals surface area contributed by atoms with Crippen LogP contribution in [-0.4, -0.2) is 26.1 Å². The number of benzene rings is 2. The number of rotatable bonds is 5. The standard InChI is InChI=1S/C18H17ClFN5O/c1-11(2)16(18(26)21-14-10-6-9-13(19)15(14)20)25-23-17(22-24-25)12-7-4-3-5-8-12/h3-11,16H,1-2H3,(H,21,26). The normalized spacial score (nSPS) is 12.2. The van der Waals surface area contributed by atoms with Gasteiger partial charge in [0.2, 0.25) is 5.82 Å². The van der Waals surface area contributed by atoms with Gasteiger partial charge in [-0.05, 0) is 23.3 Å². The molecule has 0 spiro atoms. The first-order chi connectivity index (χ1) is 12.5. The van der Waals surface area contributed by atoms with Gasteiger partial charge in [-0.3, -0.25) is 4.79 Å². The average Bonchev–Trinajstić information content (AvgIpc) is 3.09. The molecule has 2 aromatic carbocycles. The van der Waals surface area contributed by atoms with Crippen LogP contribution in [0.1, 0.15) is 19.9 Å². The molecule has 3 aromatic rings. The SMILES string of the molecule is CC(C)C(C(=O)Nc1cccc(Cl)c1F)n1nnc(-c2ccccc2)n1. The van der Waals surface area contributed by atoms with Crippen molar-refractivity contribution in [3.05, 3.63) is 59.4 Å². The Bertz CT molecular complexity index is 913. The van der Waals surface area contributed by atoms with E-state index in [0.717, 1.165) is 5.56 Å². The Morgan fingerprint density at radius 1 is 1.15 bits per heavy atom. The number of nitrogens with zero attached hydrogens (tertiary/aromatic N) is 4. The van der Waals surface area contributed by atoms with Gasteiger partial charge in [0, 0.05) is 5.56 Å². The molecule has 8 heteroatoms.